The molecule has 1 heterocycles. The second kappa shape index (κ2) is 9.28. The molecule has 0 amide bonds. The summed E-state index contributed by atoms with van der Waals surface area (Å²) >= 11 is 6.11. The van der Waals surface area contributed by atoms with Crippen LogP contribution in [0.15, 0.2) is 60.9 Å². The Balaban J connectivity index is 1.85. The van der Waals surface area contributed by atoms with Crippen molar-refractivity contribution in [2.24, 2.45) is 0 Å². The third-order valence-electron chi connectivity index (χ3n) is 5.08. The molecule has 6 nitrogen and oxygen atoms in total. The molecule has 0 spiro atoms. The average molecular weight is 454 g/mol. The van der Waals surface area contributed by atoms with Crippen LogP contribution in [0.25, 0.3) is 10.9 Å². The molecule has 0 bridgehead atoms. The highest BCUT2D eigenvalue weighted by atomic mass is 35.5. The Kier molecular flexibility index (Phi) is 6.28. The molecule has 0 atom stereocenters. The predicted molar refractivity (Wildman–Crippen MR) is 123 cm³/mol. The average Bonchev–Trinajstić information content (AvgIpc) is 2.83. The number of ether oxygens (including phenoxy) is 3. The van der Waals surface area contributed by atoms with E-state index in [1.165, 1.54) is 12.4 Å². The number of benzene rings is 3. The first-order valence-electron chi connectivity index (χ1n) is 9.76. The van der Waals surface area contributed by atoms with E-state index in [2.05, 4.69) is 9.97 Å². The van der Waals surface area contributed by atoms with Crippen molar-refractivity contribution in [3.8, 4) is 17.2 Å². The number of hydrogen-bond acceptors (Lipinski definition) is 6. The van der Waals surface area contributed by atoms with Crippen molar-refractivity contribution in [3.05, 3.63) is 77.3 Å². The Bertz CT molecular complexity index is 1270. The van der Waals surface area contributed by atoms with Crippen LogP contribution in [-0.2, 0) is 6.54 Å². The Hall–Kier alpha value is -3.58. The standard InChI is InChI=1S/C24H21ClFN3O3/c1-30-17-6-7-18-21(12-17)27-14-28-24(18)29(16-5-8-20(26)19(25)11-16)13-15-4-9-22(31-2)23(10-15)32-3/h4-12,14H,13H2,1-3H3. The summed E-state index contributed by atoms with van der Waals surface area (Å²) < 4.78 is 30.0. The van der Waals surface area contributed by atoms with Gasteiger partial charge in [-0.25, -0.2) is 14.4 Å². The van der Waals surface area contributed by atoms with Crippen LogP contribution >= 0.6 is 11.6 Å². The molecule has 1 aromatic heterocycles. The van der Waals surface area contributed by atoms with Gasteiger partial charge in [0.05, 0.1) is 31.9 Å². The van der Waals surface area contributed by atoms with Crippen molar-refractivity contribution >= 4 is 34.0 Å². The summed E-state index contributed by atoms with van der Waals surface area (Å²) in [6, 6.07) is 15.8. The molecule has 0 saturated carbocycles. The number of aromatic nitrogens is 2. The molecule has 3 aromatic carbocycles. The quantitative estimate of drug-likeness (QED) is 0.353. The number of hydrogen-bond donors (Lipinski definition) is 0. The molecule has 32 heavy (non-hydrogen) atoms. The molecule has 0 radical (unpaired) electrons. The van der Waals surface area contributed by atoms with E-state index in [4.69, 9.17) is 25.8 Å². The summed E-state index contributed by atoms with van der Waals surface area (Å²) in [6.45, 7) is 0.417. The maximum atomic E-state index is 13.9. The lowest BCUT2D eigenvalue weighted by Crippen LogP contribution is -2.18. The van der Waals surface area contributed by atoms with Crippen LogP contribution < -0.4 is 19.1 Å². The van der Waals surface area contributed by atoms with Crippen LogP contribution in [0, 0.1) is 5.82 Å². The van der Waals surface area contributed by atoms with Crippen molar-refractivity contribution in [2.75, 3.05) is 26.2 Å². The van der Waals surface area contributed by atoms with Crippen molar-refractivity contribution in [2.45, 2.75) is 6.54 Å². The van der Waals surface area contributed by atoms with Crippen LogP contribution in [0.2, 0.25) is 5.02 Å². The summed E-state index contributed by atoms with van der Waals surface area (Å²) in [5.41, 5.74) is 2.34. The number of fused-ring (bicyclic) bond motifs is 1. The highest BCUT2D eigenvalue weighted by molar-refractivity contribution is 6.31. The highest BCUT2D eigenvalue weighted by Gasteiger charge is 2.18. The van der Waals surface area contributed by atoms with Crippen molar-refractivity contribution in [1.29, 1.82) is 0 Å². The van der Waals surface area contributed by atoms with E-state index in [0.29, 0.717) is 35.3 Å². The molecular formula is C24H21ClFN3O3. The van der Waals surface area contributed by atoms with Gasteiger partial charge in [-0.1, -0.05) is 17.7 Å². The SMILES string of the molecule is COc1ccc2c(N(Cc3ccc(OC)c(OC)c3)c3ccc(F)c(Cl)c3)ncnc2c1. The van der Waals surface area contributed by atoms with Crippen molar-refractivity contribution < 1.29 is 18.6 Å². The van der Waals surface area contributed by atoms with E-state index >= 15 is 0 Å². The van der Waals surface area contributed by atoms with Gasteiger partial charge in [-0.05, 0) is 48.0 Å². The van der Waals surface area contributed by atoms with Gasteiger partial charge in [-0.3, -0.25) is 0 Å². The van der Waals surface area contributed by atoms with Gasteiger partial charge in [-0.15, -0.1) is 0 Å². The van der Waals surface area contributed by atoms with Crippen LogP contribution in [0.5, 0.6) is 17.2 Å². The topological polar surface area (TPSA) is 56.7 Å². The first kappa shape index (κ1) is 21.6. The van der Waals surface area contributed by atoms with Gasteiger partial charge in [0, 0.05) is 23.7 Å². The molecule has 0 fully saturated rings. The Labute approximate surface area is 190 Å². The molecule has 0 aliphatic rings. The minimum Gasteiger partial charge on any atom is -0.497 e. The molecule has 0 unspecified atom stereocenters. The molecule has 0 saturated heterocycles. The third-order valence-corrected chi connectivity index (χ3v) is 5.37. The zero-order chi connectivity index (χ0) is 22.7. The van der Waals surface area contributed by atoms with Crippen molar-refractivity contribution in [1.82, 2.24) is 9.97 Å². The normalized spacial score (nSPS) is 10.8. The van der Waals surface area contributed by atoms with Crippen LogP contribution in [-0.4, -0.2) is 31.3 Å². The van der Waals surface area contributed by atoms with Gasteiger partial charge in [0.2, 0.25) is 0 Å². The van der Waals surface area contributed by atoms with Gasteiger partial charge >= 0.3 is 0 Å². The lowest BCUT2D eigenvalue weighted by atomic mass is 10.1. The number of methoxy groups -OCH3 is 3. The molecule has 8 heteroatoms. The number of nitrogens with zero attached hydrogens (tertiary/aromatic N) is 3. The molecular weight excluding hydrogens is 433 g/mol. The van der Waals surface area contributed by atoms with E-state index in [1.807, 2.05) is 41.3 Å². The second-order valence-electron chi connectivity index (χ2n) is 6.95. The number of anilines is 2. The van der Waals surface area contributed by atoms with Gasteiger partial charge < -0.3 is 19.1 Å². The van der Waals surface area contributed by atoms with E-state index in [1.54, 1.807) is 33.5 Å². The van der Waals surface area contributed by atoms with Crippen LogP contribution in [0.3, 0.4) is 0 Å². The van der Waals surface area contributed by atoms with Crippen molar-refractivity contribution in [3.63, 3.8) is 0 Å². The second-order valence-corrected chi connectivity index (χ2v) is 7.36. The van der Waals surface area contributed by atoms with E-state index in [-0.39, 0.29) is 5.02 Å². The van der Waals surface area contributed by atoms with Crippen LogP contribution in [0.1, 0.15) is 5.56 Å². The monoisotopic (exact) mass is 453 g/mol. The van der Waals surface area contributed by atoms with Gasteiger partial charge in [0.25, 0.3) is 0 Å². The van der Waals surface area contributed by atoms with Gasteiger partial charge in [-0.2, -0.15) is 0 Å². The minimum absolute atomic E-state index is 0.0276. The fourth-order valence-corrected chi connectivity index (χ4v) is 3.64. The Morgan fingerprint density at radius 2 is 1.69 bits per heavy atom. The number of rotatable bonds is 7. The van der Waals surface area contributed by atoms with Gasteiger partial charge in [0.15, 0.2) is 11.5 Å². The zero-order valence-corrected chi connectivity index (χ0v) is 18.6. The maximum Gasteiger partial charge on any atom is 0.161 e. The first-order valence-corrected chi connectivity index (χ1v) is 10.1. The summed E-state index contributed by atoms with van der Waals surface area (Å²) in [4.78, 5) is 10.9. The third kappa shape index (κ3) is 4.24. The summed E-state index contributed by atoms with van der Waals surface area (Å²) in [7, 11) is 4.78. The molecule has 4 rings (SSSR count). The molecule has 164 valence electrons. The summed E-state index contributed by atoms with van der Waals surface area (Å²) in [5.74, 6) is 2.10. The highest BCUT2D eigenvalue weighted by Crippen LogP contribution is 2.35. The smallest absolute Gasteiger partial charge is 0.161 e. The fourth-order valence-electron chi connectivity index (χ4n) is 3.47. The largest absolute Gasteiger partial charge is 0.497 e. The number of halogens is 2. The minimum atomic E-state index is -0.487. The first-order chi connectivity index (χ1) is 15.5. The Morgan fingerprint density at radius 1 is 0.875 bits per heavy atom. The maximum absolute atomic E-state index is 13.9. The summed E-state index contributed by atoms with van der Waals surface area (Å²) in [6.07, 6.45) is 1.49. The zero-order valence-electron chi connectivity index (χ0n) is 17.8. The lowest BCUT2D eigenvalue weighted by Gasteiger charge is -2.26. The van der Waals surface area contributed by atoms with E-state index in [0.717, 1.165) is 16.5 Å². The van der Waals surface area contributed by atoms with Gasteiger partial charge in [0.1, 0.15) is 23.7 Å². The predicted octanol–water partition coefficient (Wildman–Crippen LogP) is 5.79. The fraction of sp³-hybridized carbons (Fsp3) is 0.167. The van der Waals surface area contributed by atoms with E-state index in [9.17, 15) is 4.39 Å². The van der Waals surface area contributed by atoms with E-state index < -0.39 is 5.82 Å². The molecule has 4 aromatic rings. The summed E-state index contributed by atoms with van der Waals surface area (Å²) in [5, 5.41) is 0.842. The Morgan fingerprint density at radius 3 is 2.41 bits per heavy atom. The molecule has 0 aliphatic carbocycles. The lowest BCUT2D eigenvalue weighted by molar-refractivity contribution is 0.354. The molecule has 0 aliphatic heterocycles. The molecule has 0 N–H and O–H groups in total. The van der Waals surface area contributed by atoms with Crippen LogP contribution in [0.4, 0.5) is 15.9 Å².